The van der Waals surface area contributed by atoms with E-state index >= 15 is 0 Å². The molecule has 1 aliphatic rings. The third-order valence-corrected chi connectivity index (χ3v) is 5.20. The number of sulfone groups is 1. The Bertz CT molecular complexity index is 351. The molecule has 0 radical (unpaired) electrons. The van der Waals surface area contributed by atoms with E-state index in [0.717, 1.165) is 25.7 Å². The lowest BCUT2D eigenvalue weighted by molar-refractivity contribution is -0.123. The van der Waals surface area contributed by atoms with Gasteiger partial charge < -0.3 is 5.73 Å². The van der Waals surface area contributed by atoms with Crippen molar-refractivity contribution in [3.63, 3.8) is 0 Å². The van der Waals surface area contributed by atoms with Crippen LogP contribution >= 0.6 is 0 Å². The van der Waals surface area contributed by atoms with E-state index in [-0.39, 0.29) is 17.0 Å². The third kappa shape index (κ3) is 4.76. The van der Waals surface area contributed by atoms with Gasteiger partial charge in [-0.2, -0.15) is 0 Å². The number of carbonyl (C=O) groups is 1. The molecule has 1 fully saturated rings. The lowest BCUT2D eigenvalue weighted by atomic mass is 9.84. The number of rotatable bonds is 6. The molecule has 4 nitrogen and oxygen atoms in total. The Hall–Kier alpha value is -0.420. The van der Waals surface area contributed by atoms with Gasteiger partial charge in [0.1, 0.15) is 15.6 Å². The van der Waals surface area contributed by atoms with Crippen LogP contribution in [0.3, 0.4) is 0 Å². The van der Waals surface area contributed by atoms with E-state index in [1.807, 2.05) is 0 Å². The molecular weight excluding hydrogens is 238 g/mol. The van der Waals surface area contributed by atoms with E-state index in [2.05, 4.69) is 0 Å². The summed E-state index contributed by atoms with van der Waals surface area (Å²) in [5.41, 5.74) is 5.38. The van der Waals surface area contributed by atoms with Crippen molar-refractivity contribution in [2.75, 3.05) is 12.8 Å². The second-order valence-corrected chi connectivity index (χ2v) is 7.35. The van der Waals surface area contributed by atoms with Crippen LogP contribution in [-0.2, 0) is 14.6 Å². The van der Waals surface area contributed by atoms with Crippen LogP contribution in [0.1, 0.15) is 44.9 Å². The van der Waals surface area contributed by atoms with Crippen LogP contribution in [0, 0.1) is 5.92 Å². The number of ketones is 1. The van der Waals surface area contributed by atoms with Crippen LogP contribution in [0.5, 0.6) is 0 Å². The van der Waals surface area contributed by atoms with Gasteiger partial charge in [0, 0.05) is 18.6 Å². The molecule has 100 valence electrons. The van der Waals surface area contributed by atoms with Gasteiger partial charge in [-0.1, -0.05) is 6.42 Å². The molecule has 0 heterocycles. The minimum atomic E-state index is -2.99. The van der Waals surface area contributed by atoms with Crippen molar-refractivity contribution in [2.45, 2.75) is 50.2 Å². The van der Waals surface area contributed by atoms with Gasteiger partial charge in [-0.05, 0) is 38.6 Å². The maximum Gasteiger partial charge on any atom is 0.150 e. The van der Waals surface area contributed by atoms with Crippen molar-refractivity contribution in [3.8, 4) is 0 Å². The highest BCUT2D eigenvalue weighted by atomic mass is 32.2. The molecule has 1 saturated carbocycles. The standard InChI is InChI=1S/C12H23NO3S/c1-17(15,16)11-6-4-5-10(9-11)12(14)7-2-3-8-13/h10-11H,2-9,13H2,1H3. The van der Waals surface area contributed by atoms with Crippen LogP contribution in [0.15, 0.2) is 0 Å². The summed E-state index contributed by atoms with van der Waals surface area (Å²) in [6.45, 7) is 0.615. The van der Waals surface area contributed by atoms with Crippen molar-refractivity contribution < 1.29 is 13.2 Å². The molecule has 0 bridgehead atoms. The Morgan fingerprint density at radius 1 is 1.29 bits per heavy atom. The summed E-state index contributed by atoms with van der Waals surface area (Å²) >= 11 is 0. The minimum Gasteiger partial charge on any atom is -0.330 e. The summed E-state index contributed by atoms with van der Waals surface area (Å²) in [4.78, 5) is 11.9. The van der Waals surface area contributed by atoms with Crippen LogP contribution in [0.4, 0.5) is 0 Å². The summed E-state index contributed by atoms with van der Waals surface area (Å²) in [5.74, 6) is 0.188. The van der Waals surface area contributed by atoms with Crippen molar-refractivity contribution in [2.24, 2.45) is 11.7 Å². The fourth-order valence-electron chi connectivity index (χ4n) is 2.47. The highest BCUT2D eigenvalue weighted by Crippen LogP contribution is 2.30. The SMILES string of the molecule is CS(=O)(=O)C1CCCC(C(=O)CCCCN)C1. The molecule has 2 N–H and O–H groups in total. The van der Waals surface area contributed by atoms with Crippen molar-refractivity contribution in [1.29, 1.82) is 0 Å². The van der Waals surface area contributed by atoms with Gasteiger partial charge in [0.2, 0.25) is 0 Å². The zero-order valence-corrected chi connectivity index (χ0v) is 11.3. The number of hydrogen-bond acceptors (Lipinski definition) is 4. The van der Waals surface area contributed by atoms with Crippen LogP contribution in [0.2, 0.25) is 0 Å². The normalized spacial score (nSPS) is 25.8. The maximum atomic E-state index is 11.9. The quantitative estimate of drug-likeness (QED) is 0.731. The number of Topliss-reactive ketones (excluding diaryl/α,β-unsaturated/α-hetero) is 1. The van der Waals surface area contributed by atoms with Gasteiger partial charge in [-0.25, -0.2) is 8.42 Å². The molecule has 0 spiro atoms. The topological polar surface area (TPSA) is 77.2 Å². The smallest absolute Gasteiger partial charge is 0.150 e. The fraction of sp³-hybridized carbons (Fsp3) is 0.917. The number of hydrogen-bond donors (Lipinski definition) is 1. The first-order valence-corrected chi connectivity index (χ1v) is 8.32. The van der Waals surface area contributed by atoms with E-state index in [1.165, 1.54) is 6.26 Å². The second kappa shape index (κ2) is 6.50. The molecule has 0 aromatic carbocycles. The first-order valence-electron chi connectivity index (χ1n) is 6.36. The predicted octanol–water partition coefficient (Wildman–Crippen LogP) is 1.29. The largest absolute Gasteiger partial charge is 0.330 e. The zero-order chi connectivity index (χ0) is 12.9. The van der Waals surface area contributed by atoms with E-state index in [1.54, 1.807) is 0 Å². The Balaban J connectivity index is 2.46. The molecule has 0 amide bonds. The minimum absolute atomic E-state index is 0.0405. The van der Waals surface area contributed by atoms with Crippen LogP contribution < -0.4 is 5.73 Å². The highest BCUT2D eigenvalue weighted by Gasteiger charge is 2.31. The zero-order valence-electron chi connectivity index (χ0n) is 10.5. The molecule has 0 aliphatic heterocycles. The molecular formula is C12H23NO3S. The van der Waals surface area contributed by atoms with Gasteiger partial charge >= 0.3 is 0 Å². The number of carbonyl (C=O) groups excluding carboxylic acids is 1. The Morgan fingerprint density at radius 2 is 2.00 bits per heavy atom. The Labute approximate surface area is 104 Å². The molecule has 1 aliphatic carbocycles. The first-order chi connectivity index (χ1) is 7.95. The van der Waals surface area contributed by atoms with Crippen LogP contribution in [0.25, 0.3) is 0 Å². The number of nitrogens with two attached hydrogens (primary N) is 1. The van der Waals surface area contributed by atoms with E-state index < -0.39 is 9.84 Å². The van der Waals surface area contributed by atoms with Crippen molar-refractivity contribution >= 4 is 15.6 Å². The Morgan fingerprint density at radius 3 is 2.59 bits per heavy atom. The summed E-state index contributed by atoms with van der Waals surface area (Å²) in [6.07, 6.45) is 6.48. The molecule has 2 unspecified atom stereocenters. The van der Waals surface area contributed by atoms with Crippen molar-refractivity contribution in [3.05, 3.63) is 0 Å². The molecule has 1 rings (SSSR count). The van der Waals surface area contributed by atoms with Gasteiger partial charge in [0.25, 0.3) is 0 Å². The third-order valence-electron chi connectivity index (χ3n) is 3.56. The van der Waals surface area contributed by atoms with Crippen molar-refractivity contribution in [1.82, 2.24) is 0 Å². The van der Waals surface area contributed by atoms with Gasteiger partial charge in [-0.15, -0.1) is 0 Å². The average molecular weight is 261 g/mol. The van der Waals surface area contributed by atoms with E-state index in [0.29, 0.717) is 25.8 Å². The molecule has 0 aromatic heterocycles. The van der Waals surface area contributed by atoms with Crippen LogP contribution in [-0.4, -0.2) is 32.3 Å². The van der Waals surface area contributed by atoms with E-state index in [9.17, 15) is 13.2 Å². The molecule has 2 atom stereocenters. The second-order valence-electron chi connectivity index (χ2n) is 5.03. The summed E-state index contributed by atoms with van der Waals surface area (Å²) in [6, 6.07) is 0. The molecule has 0 aromatic rings. The lowest BCUT2D eigenvalue weighted by Crippen LogP contribution is -2.31. The lowest BCUT2D eigenvalue weighted by Gasteiger charge is -2.27. The maximum absolute atomic E-state index is 11.9. The molecule has 5 heteroatoms. The molecule has 17 heavy (non-hydrogen) atoms. The first kappa shape index (κ1) is 14.6. The number of unbranched alkanes of at least 4 members (excludes halogenated alkanes) is 1. The van der Waals surface area contributed by atoms with E-state index in [4.69, 9.17) is 5.73 Å². The Kier molecular flexibility index (Phi) is 5.59. The van der Waals surface area contributed by atoms with Gasteiger partial charge in [0.15, 0.2) is 0 Å². The molecule has 0 saturated heterocycles. The highest BCUT2D eigenvalue weighted by molar-refractivity contribution is 7.91. The average Bonchev–Trinajstić information content (AvgIpc) is 2.28. The fourth-order valence-corrected chi connectivity index (χ4v) is 3.65. The summed E-state index contributed by atoms with van der Waals surface area (Å²) < 4.78 is 23.0. The summed E-state index contributed by atoms with van der Waals surface area (Å²) in [5, 5.41) is -0.306. The summed E-state index contributed by atoms with van der Waals surface area (Å²) in [7, 11) is -2.99. The van der Waals surface area contributed by atoms with Gasteiger partial charge in [0.05, 0.1) is 5.25 Å². The van der Waals surface area contributed by atoms with Gasteiger partial charge in [-0.3, -0.25) is 4.79 Å². The predicted molar refractivity (Wildman–Crippen MR) is 68.5 cm³/mol. The monoisotopic (exact) mass is 261 g/mol.